The van der Waals surface area contributed by atoms with Crippen molar-refractivity contribution in [2.45, 2.75) is 44.1 Å². The molecule has 0 amide bonds. The van der Waals surface area contributed by atoms with Crippen molar-refractivity contribution in [1.29, 1.82) is 0 Å². The van der Waals surface area contributed by atoms with E-state index < -0.39 is 0 Å². The molecule has 0 heterocycles. The Hall–Kier alpha value is -0.110. The minimum Gasteiger partial charge on any atom is -0.325 e. The minimum absolute atomic E-state index is 0.149. The second-order valence-corrected chi connectivity index (χ2v) is 4.54. The van der Waals surface area contributed by atoms with Crippen molar-refractivity contribution in [3.05, 3.63) is 0 Å². The van der Waals surface area contributed by atoms with Gasteiger partial charge in [-0.05, 0) is 37.5 Å². The Morgan fingerprint density at radius 3 is 2.27 bits per heavy atom. The van der Waals surface area contributed by atoms with Crippen LogP contribution in [0.25, 0.3) is 0 Å². The molecule has 11 heavy (non-hydrogen) atoms. The highest BCUT2D eigenvalue weighted by Crippen LogP contribution is 2.67. The van der Waals surface area contributed by atoms with E-state index in [0.717, 1.165) is 12.8 Å². The van der Waals surface area contributed by atoms with Gasteiger partial charge in [0.1, 0.15) is 0 Å². The van der Waals surface area contributed by atoms with Crippen molar-refractivity contribution in [3.8, 4) is 0 Å². The van der Waals surface area contributed by atoms with Crippen LogP contribution in [0.4, 0.5) is 4.39 Å². The SMILES string of the molecule is NC12CC(CCCCF)(C1)C2. The number of hydrogen-bond acceptors (Lipinski definition) is 1. The lowest BCUT2D eigenvalue weighted by Crippen LogP contribution is -2.71. The minimum atomic E-state index is -0.149. The Kier molecular flexibility index (Phi) is 1.50. The summed E-state index contributed by atoms with van der Waals surface area (Å²) in [6.07, 6.45) is 6.67. The van der Waals surface area contributed by atoms with Gasteiger partial charge in [0.05, 0.1) is 6.67 Å². The lowest BCUT2D eigenvalue weighted by molar-refractivity contribution is -0.137. The van der Waals surface area contributed by atoms with Gasteiger partial charge < -0.3 is 5.73 Å². The molecule has 0 aliphatic heterocycles. The number of unbranched alkanes of at least 4 members (excludes halogenated alkanes) is 1. The summed E-state index contributed by atoms with van der Waals surface area (Å²) >= 11 is 0. The van der Waals surface area contributed by atoms with E-state index in [0.29, 0.717) is 5.41 Å². The van der Waals surface area contributed by atoms with Crippen LogP contribution >= 0.6 is 0 Å². The van der Waals surface area contributed by atoms with Crippen LogP contribution in [0.1, 0.15) is 38.5 Å². The monoisotopic (exact) mass is 157 g/mol. The predicted octanol–water partition coefficient (Wildman–Crippen LogP) is 2.01. The largest absolute Gasteiger partial charge is 0.325 e. The molecule has 0 aromatic carbocycles. The fourth-order valence-electron chi connectivity index (χ4n) is 2.94. The van der Waals surface area contributed by atoms with Crippen LogP contribution < -0.4 is 5.73 Å². The van der Waals surface area contributed by atoms with Crippen LogP contribution in [0.15, 0.2) is 0 Å². The summed E-state index contributed by atoms with van der Waals surface area (Å²) in [6.45, 7) is -0.149. The van der Waals surface area contributed by atoms with Gasteiger partial charge in [0.2, 0.25) is 0 Å². The van der Waals surface area contributed by atoms with Gasteiger partial charge in [-0.2, -0.15) is 0 Å². The average molecular weight is 157 g/mol. The van der Waals surface area contributed by atoms with Gasteiger partial charge in [-0.1, -0.05) is 6.42 Å². The molecular weight excluding hydrogens is 141 g/mol. The number of hydrogen-bond donors (Lipinski definition) is 1. The molecule has 0 saturated heterocycles. The molecule has 3 aliphatic carbocycles. The maximum Gasteiger partial charge on any atom is 0.0894 e. The smallest absolute Gasteiger partial charge is 0.0894 e. The van der Waals surface area contributed by atoms with Crippen molar-refractivity contribution < 1.29 is 4.39 Å². The van der Waals surface area contributed by atoms with E-state index in [1.165, 1.54) is 25.7 Å². The molecule has 2 bridgehead atoms. The molecule has 3 saturated carbocycles. The maximum atomic E-state index is 11.8. The third kappa shape index (κ3) is 1.08. The van der Waals surface area contributed by atoms with Gasteiger partial charge in [0, 0.05) is 5.54 Å². The Morgan fingerprint density at radius 1 is 1.18 bits per heavy atom. The average Bonchev–Trinajstić information content (AvgIpc) is 1.82. The third-order valence-electron chi connectivity index (χ3n) is 3.27. The summed E-state index contributed by atoms with van der Waals surface area (Å²) in [7, 11) is 0. The fourth-order valence-corrected chi connectivity index (χ4v) is 2.94. The van der Waals surface area contributed by atoms with Gasteiger partial charge in [-0.15, -0.1) is 0 Å². The van der Waals surface area contributed by atoms with Gasteiger partial charge in [-0.3, -0.25) is 4.39 Å². The summed E-state index contributed by atoms with van der Waals surface area (Å²) in [4.78, 5) is 0. The van der Waals surface area contributed by atoms with Crippen LogP contribution in [0.3, 0.4) is 0 Å². The maximum absolute atomic E-state index is 11.8. The molecule has 2 heteroatoms. The molecule has 0 radical (unpaired) electrons. The molecule has 0 aromatic heterocycles. The van der Waals surface area contributed by atoms with E-state index in [9.17, 15) is 4.39 Å². The Morgan fingerprint density at radius 2 is 1.82 bits per heavy atom. The molecule has 3 aliphatic rings. The predicted molar refractivity (Wildman–Crippen MR) is 43.0 cm³/mol. The van der Waals surface area contributed by atoms with Crippen LogP contribution in [-0.2, 0) is 0 Å². The molecule has 1 nitrogen and oxygen atoms in total. The summed E-state index contributed by atoms with van der Waals surface area (Å²) in [5, 5.41) is 0. The molecule has 0 spiro atoms. The molecule has 0 atom stereocenters. The second-order valence-electron chi connectivity index (χ2n) is 4.54. The third-order valence-corrected chi connectivity index (χ3v) is 3.27. The van der Waals surface area contributed by atoms with E-state index in [-0.39, 0.29) is 12.2 Å². The first-order valence-corrected chi connectivity index (χ1v) is 4.53. The number of rotatable bonds is 4. The first-order valence-electron chi connectivity index (χ1n) is 4.53. The van der Waals surface area contributed by atoms with Gasteiger partial charge in [-0.25, -0.2) is 0 Å². The molecular formula is C9H16FN. The van der Waals surface area contributed by atoms with Crippen LogP contribution in [0.5, 0.6) is 0 Å². The summed E-state index contributed by atoms with van der Waals surface area (Å²) in [5.74, 6) is 0. The van der Waals surface area contributed by atoms with Crippen LogP contribution in [0.2, 0.25) is 0 Å². The quantitative estimate of drug-likeness (QED) is 0.621. The summed E-state index contributed by atoms with van der Waals surface area (Å²) in [6, 6.07) is 0. The molecule has 0 aromatic rings. The lowest BCUT2D eigenvalue weighted by atomic mass is 9.38. The molecule has 2 N–H and O–H groups in total. The van der Waals surface area contributed by atoms with E-state index >= 15 is 0 Å². The number of alkyl halides is 1. The van der Waals surface area contributed by atoms with Gasteiger partial charge in [0.25, 0.3) is 0 Å². The normalized spacial score (nSPS) is 46.4. The number of nitrogens with two attached hydrogens (primary N) is 1. The molecule has 64 valence electrons. The van der Waals surface area contributed by atoms with Crippen molar-refractivity contribution in [1.82, 2.24) is 0 Å². The highest BCUT2D eigenvalue weighted by atomic mass is 19.1. The van der Waals surface area contributed by atoms with E-state index in [2.05, 4.69) is 0 Å². The highest BCUT2D eigenvalue weighted by molar-refractivity contribution is 5.20. The fraction of sp³-hybridized carbons (Fsp3) is 1.00. The van der Waals surface area contributed by atoms with Crippen molar-refractivity contribution in [2.75, 3.05) is 6.67 Å². The van der Waals surface area contributed by atoms with E-state index in [1.807, 2.05) is 0 Å². The lowest BCUT2D eigenvalue weighted by Gasteiger charge is -2.69. The number of halogens is 1. The van der Waals surface area contributed by atoms with Crippen molar-refractivity contribution in [2.24, 2.45) is 11.1 Å². The molecule has 3 fully saturated rings. The van der Waals surface area contributed by atoms with Crippen molar-refractivity contribution in [3.63, 3.8) is 0 Å². The van der Waals surface area contributed by atoms with E-state index in [1.54, 1.807) is 0 Å². The van der Waals surface area contributed by atoms with Crippen LogP contribution in [-0.4, -0.2) is 12.2 Å². The summed E-state index contributed by atoms with van der Waals surface area (Å²) in [5.41, 5.74) is 6.72. The standard InChI is InChI=1S/C9H16FN/c10-4-2-1-3-8-5-9(11,6-8)7-8/h1-7,11H2. The zero-order valence-electron chi connectivity index (χ0n) is 6.91. The van der Waals surface area contributed by atoms with E-state index in [4.69, 9.17) is 5.73 Å². The Labute approximate surface area is 67.2 Å². The first kappa shape index (κ1) is 7.53. The van der Waals surface area contributed by atoms with Gasteiger partial charge >= 0.3 is 0 Å². The second kappa shape index (κ2) is 2.19. The summed E-state index contributed by atoms with van der Waals surface area (Å²) < 4.78 is 11.8. The van der Waals surface area contributed by atoms with Crippen molar-refractivity contribution >= 4 is 0 Å². The molecule has 3 rings (SSSR count). The Bertz CT molecular complexity index is 147. The Balaban J connectivity index is 1.66. The van der Waals surface area contributed by atoms with Crippen LogP contribution in [0, 0.1) is 5.41 Å². The zero-order chi connectivity index (χ0) is 7.95. The zero-order valence-corrected chi connectivity index (χ0v) is 6.91. The topological polar surface area (TPSA) is 26.0 Å². The highest BCUT2D eigenvalue weighted by Gasteiger charge is 2.64. The molecule has 0 unspecified atom stereocenters. The van der Waals surface area contributed by atoms with Gasteiger partial charge in [0.15, 0.2) is 0 Å². The first-order chi connectivity index (χ1) is 5.18.